The molecule has 33 heavy (non-hydrogen) atoms. The van der Waals surface area contributed by atoms with Gasteiger partial charge in [0.2, 0.25) is 11.8 Å². The molecule has 2 N–H and O–H groups in total. The minimum atomic E-state index is -0.537. The van der Waals surface area contributed by atoms with Gasteiger partial charge in [-0.25, -0.2) is 18.3 Å². The molecule has 1 saturated heterocycles. The van der Waals surface area contributed by atoms with Crippen LogP contribution in [0.3, 0.4) is 0 Å². The molecule has 1 fully saturated rings. The largest absolute Gasteiger partial charge is 0.469 e. The van der Waals surface area contributed by atoms with Crippen molar-refractivity contribution in [3.05, 3.63) is 72.2 Å². The van der Waals surface area contributed by atoms with Gasteiger partial charge in [0.15, 0.2) is 5.65 Å². The molecule has 5 rings (SSSR count). The predicted octanol–water partition coefficient (Wildman–Crippen LogP) is 3.27. The van der Waals surface area contributed by atoms with Gasteiger partial charge in [0.25, 0.3) is 0 Å². The summed E-state index contributed by atoms with van der Waals surface area (Å²) >= 11 is 0. The number of carbonyl (C=O) groups is 1. The number of imidazole rings is 1. The zero-order valence-electron chi connectivity index (χ0n) is 17.7. The molecule has 0 radical (unpaired) electrons. The van der Waals surface area contributed by atoms with Crippen LogP contribution in [0.15, 0.2) is 55.0 Å². The smallest absolute Gasteiger partial charge is 0.232 e. The van der Waals surface area contributed by atoms with E-state index >= 15 is 0 Å². The highest BCUT2D eigenvalue weighted by Crippen LogP contribution is 2.30. The molecular formula is C23H20F2N6O2. The fourth-order valence-electron chi connectivity index (χ4n) is 3.87. The number of nitrogens with zero attached hydrogens (tertiary/aromatic N) is 5. The molecule has 0 aliphatic carbocycles. The van der Waals surface area contributed by atoms with E-state index in [4.69, 9.17) is 10.5 Å². The number of hydrogen-bond acceptors (Lipinski definition) is 6. The predicted molar refractivity (Wildman–Crippen MR) is 117 cm³/mol. The minimum Gasteiger partial charge on any atom is -0.469 e. The highest BCUT2D eigenvalue weighted by molar-refractivity contribution is 5.96. The molecule has 8 nitrogen and oxygen atoms in total. The van der Waals surface area contributed by atoms with Gasteiger partial charge in [-0.15, -0.1) is 5.10 Å². The van der Waals surface area contributed by atoms with Gasteiger partial charge in [-0.3, -0.25) is 9.78 Å². The van der Waals surface area contributed by atoms with Gasteiger partial charge >= 0.3 is 0 Å². The molecule has 0 spiro atoms. The summed E-state index contributed by atoms with van der Waals surface area (Å²) in [7, 11) is 0. The molecule has 1 unspecified atom stereocenters. The molecule has 10 heteroatoms. The van der Waals surface area contributed by atoms with Gasteiger partial charge in [-0.05, 0) is 31.2 Å². The van der Waals surface area contributed by atoms with E-state index < -0.39 is 17.7 Å². The number of ether oxygens (including phenoxy) is 1. The third-order valence-corrected chi connectivity index (χ3v) is 5.52. The zero-order valence-corrected chi connectivity index (χ0v) is 17.7. The first kappa shape index (κ1) is 21.0. The quantitative estimate of drug-likeness (QED) is 0.501. The van der Waals surface area contributed by atoms with Crippen molar-refractivity contribution in [1.29, 1.82) is 0 Å². The van der Waals surface area contributed by atoms with E-state index in [-0.39, 0.29) is 36.5 Å². The van der Waals surface area contributed by atoms with E-state index in [1.165, 1.54) is 27.7 Å². The monoisotopic (exact) mass is 450 g/mol. The number of nitrogens with two attached hydrogens (primary N) is 1. The molecule has 0 saturated carbocycles. The van der Waals surface area contributed by atoms with E-state index in [0.717, 1.165) is 6.20 Å². The topological polar surface area (TPSA) is 98.6 Å². The molecule has 168 valence electrons. The van der Waals surface area contributed by atoms with Gasteiger partial charge in [0.1, 0.15) is 17.7 Å². The molecule has 1 aromatic carbocycles. The van der Waals surface area contributed by atoms with Gasteiger partial charge in [0.05, 0.1) is 23.8 Å². The van der Waals surface area contributed by atoms with Crippen molar-refractivity contribution in [2.24, 2.45) is 5.73 Å². The van der Waals surface area contributed by atoms with Crippen LogP contribution < -0.4 is 15.4 Å². The average molecular weight is 450 g/mol. The number of aromatic nitrogens is 4. The summed E-state index contributed by atoms with van der Waals surface area (Å²) in [6, 6.07) is 9.02. The SMILES string of the molecule is CC(Oc1ccc2ncc(-c3ccc(N4C[C@@H](N)CC4=O)c(F)c3)n2n1)c1cncc(F)c1. The maximum atomic E-state index is 14.9. The number of amides is 1. The minimum absolute atomic E-state index is 0.194. The van der Waals surface area contributed by atoms with Crippen molar-refractivity contribution in [3.8, 4) is 17.1 Å². The summed E-state index contributed by atoms with van der Waals surface area (Å²) in [4.78, 5) is 21.6. The number of benzene rings is 1. The lowest BCUT2D eigenvalue weighted by Gasteiger charge is -2.17. The molecule has 0 bridgehead atoms. The Balaban J connectivity index is 1.44. The first-order chi connectivity index (χ1) is 15.9. The van der Waals surface area contributed by atoms with Gasteiger partial charge in [0, 0.05) is 42.4 Å². The molecule has 1 aliphatic heterocycles. The molecule has 4 heterocycles. The average Bonchev–Trinajstić information content (AvgIpc) is 3.35. The summed E-state index contributed by atoms with van der Waals surface area (Å²) in [6.45, 7) is 2.04. The van der Waals surface area contributed by atoms with Crippen molar-refractivity contribution in [2.75, 3.05) is 11.4 Å². The van der Waals surface area contributed by atoms with Crippen LogP contribution >= 0.6 is 0 Å². The molecule has 1 amide bonds. The Hall–Kier alpha value is -3.92. The van der Waals surface area contributed by atoms with Crippen LogP contribution in [0.4, 0.5) is 14.5 Å². The molecular weight excluding hydrogens is 430 g/mol. The number of rotatable bonds is 5. The summed E-state index contributed by atoms with van der Waals surface area (Å²) in [5, 5.41) is 4.47. The van der Waals surface area contributed by atoms with Crippen molar-refractivity contribution in [3.63, 3.8) is 0 Å². The standard InChI is InChI=1S/C23H20F2N6O2/c1-13(15-6-16(24)10-27-9-15)33-22-5-4-21-28-11-20(31(21)29-22)14-2-3-19(18(25)7-14)30-12-17(26)8-23(30)32/h2-7,9-11,13,17H,8,12,26H2,1H3/t13?,17-/m0/s1. The molecule has 3 aromatic heterocycles. The Kier molecular flexibility index (Phi) is 5.21. The van der Waals surface area contributed by atoms with Gasteiger partial charge in [-0.1, -0.05) is 6.07 Å². The highest BCUT2D eigenvalue weighted by Gasteiger charge is 2.30. The van der Waals surface area contributed by atoms with E-state index in [2.05, 4.69) is 15.1 Å². The maximum absolute atomic E-state index is 14.9. The van der Waals surface area contributed by atoms with Crippen molar-refractivity contribution in [1.82, 2.24) is 19.6 Å². The lowest BCUT2D eigenvalue weighted by atomic mass is 10.1. The summed E-state index contributed by atoms with van der Waals surface area (Å²) in [5.74, 6) is -0.904. The maximum Gasteiger partial charge on any atom is 0.232 e. The second kappa shape index (κ2) is 8.21. The first-order valence-corrected chi connectivity index (χ1v) is 10.4. The van der Waals surface area contributed by atoms with E-state index in [1.54, 1.807) is 37.4 Å². The van der Waals surface area contributed by atoms with E-state index in [0.29, 0.717) is 22.5 Å². The molecule has 2 atom stereocenters. The zero-order chi connectivity index (χ0) is 23.1. The Bertz CT molecular complexity index is 1360. The number of carbonyl (C=O) groups excluding carboxylic acids is 1. The second-order valence-electron chi connectivity index (χ2n) is 7.92. The van der Waals surface area contributed by atoms with Crippen molar-refractivity contribution >= 4 is 17.2 Å². The van der Waals surface area contributed by atoms with Crippen LogP contribution in [-0.2, 0) is 4.79 Å². The van der Waals surface area contributed by atoms with Crippen LogP contribution in [0.25, 0.3) is 16.9 Å². The van der Waals surface area contributed by atoms with Crippen molar-refractivity contribution in [2.45, 2.75) is 25.5 Å². The van der Waals surface area contributed by atoms with Crippen LogP contribution in [0, 0.1) is 11.6 Å². The lowest BCUT2D eigenvalue weighted by Crippen LogP contribution is -2.28. The van der Waals surface area contributed by atoms with E-state index in [1.807, 2.05) is 0 Å². The normalized spacial score (nSPS) is 17.0. The highest BCUT2D eigenvalue weighted by atomic mass is 19.1. The lowest BCUT2D eigenvalue weighted by molar-refractivity contribution is -0.117. The van der Waals surface area contributed by atoms with Gasteiger partial charge < -0.3 is 15.4 Å². The Morgan fingerprint density at radius 3 is 2.73 bits per heavy atom. The number of anilines is 1. The Morgan fingerprint density at radius 2 is 2.00 bits per heavy atom. The Labute approximate surface area is 187 Å². The third kappa shape index (κ3) is 4.00. The summed E-state index contributed by atoms with van der Waals surface area (Å²) in [5.41, 5.74) is 8.21. The number of halogens is 2. The summed E-state index contributed by atoms with van der Waals surface area (Å²) in [6.07, 6.45) is 3.93. The van der Waals surface area contributed by atoms with Crippen LogP contribution in [0.5, 0.6) is 5.88 Å². The fourth-order valence-corrected chi connectivity index (χ4v) is 3.87. The number of pyridine rings is 1. The first-order valence-electron chi connectivity index (χ1n) is 10.4. The molecule has 4 aromatic rings. The number of hydrogen-bond donors (Lipinski definition) is 1. The molecule has 1 aliphatic rings. The summed E-state index contributed by atoms with van der Waals surface area (Å²) < 4.78 is 35.8. The van der Waals surface area contributed by atoms with E-state index in [9.17, 15) is 13.6 Å². The number of fused-ring (bicyclic) bond motifs is 1. The fraction of sp³-hybridized carbons (Fsp3) is 0.217. The van der Waals surface area contributed by atoms with Gasteiger partial charge in [-0.2, -0.15) is 0 Å². The third-order valence-electron chi connectivity index (χ3n) is 5.52. The van der Waals surface area contributed by atoms with Crippen LogP contribution in [-0.4, -0.2) is 38.1 Å². The van der Waals surface area contributed by atoms with Crippen LogP contribution in [0.2, 0.25) is 0 Å². The second-order valence-corrected chi connectivity index (χ2v) is 7.92. The van der Waals surface area contributed by atoms with Crippen molar-refractivity contribution < 1.29 is 18.3 Å². The van der Waals surface area contributed by atoms with Crippen LogP contribution in [0.1, 0.15) is 25.0 Å². The Morgan fingerprint density at radius 1 is 1.15 bits per heavy atom.